The Balaban J connectivity index is 2.53. The number of hydrogen-bond donors (Lipinski definition) is 0. The second-order valence-corrected chi connectivity index (χ2v) is 3.43. The average molecular weight is 199 g/mol. The lowest BCUT2D eigenvalue weighted by molar-refractivity contribution is -0.385. The molecule has 0 saturated heterocycles. The van der Waals surface area contributed by atoms with Crippen LogP contribution in [0.1, 0.15) is 24.3 Å². The van der Waals surface area contributed by atoms with Gasteiger partial charge < -0.3 is 0 Å². The Bertz CT molecular complexity index is 363. The summed E-state index contributed by atoms with van der Waals surface area (Å²) in [6.45, 7) is 0. The van der Waals surface area contributed by atoms with Gasteiger partial charge in [0.15, 0.2) is 0 Å². The summed E-state index contributed by atoms with van der Waals surface area (Å²) in [6.07, 6.45) is 3.55. The third-order valence-electron chi connectivity index (χ3n) is 2.11. The smallest absolute Gasteiger partial charge is 0.258 e. The van der Waals surface area contributed by atoms with Crippen molar-refractivity contribution in [2.75, 3.05) is 0 Å². The highest BCUT2D eigenvalue weighted by Gasteiger charge is 2.32. The van der Waals surface area contributed by atoms with Gasteiger partial charge in [-0.2, -0.15) is 0 Å². The van der Waals surface area contributed by atoms with Crippen molar-refractivity contribution >= 4 is 17.3 Å². The van der Waals surface area contributed by atoms with Crippen LogP contribution in [-0.2, 0) is 0 Å². The van der Waals surface area contributed by atoms with E-state index in [1.807, 2.05) is 0 Å². The van der Waals surface area contributed by atoms with Crippen LogP contribution in [0.3, 0.4) is 0 Å². The molecule has 0 radical (unpaired) electrons. The lowest BCUT2D eigenvalue weighted by atomic mass is 10.1. The number of pyridine rings is 1. The summed E-state index contributed by atoms with van der Waals surface area (Å²) in [4.78, 5) is 13.9. The van der Waals surface area contributed by atoms with Crippen molar-refractivity contribution in [3.63, 3.8) is 0 Å². The fraction of sp³-hybridized carbons (Fsp3) is 0.375. The molecule has 0 aliphatic heterocycles. The average Bonchev–Trinajstić information content (AvgIpc) is 2.85. The summed E-state index contributed by atoms with van der Waals surface area (Å²) in [5.41, 5.74) is 0.705. The molecular formula is C8H7ClN2O2. The highest BCUT2D eigenvalue weighted by atomic mass is 35.5. The molecule has 0 N–H and O–H groups in total. The Morgan fingerprint density at radius 1 is 1.62 bits per heavy atom. The number of nitro groups is 1. The van der Waals surface area contributed by atoms with Crippen LogP contribution < -0.4 is 0 Å². The number of nitrogens with zero attached hydrogens (tertiary/aromatic N) is 2. The molecule has 13 heavy (non-hydrogen) atoms. The zero-order valence-corrected chi connectivity index (χ0v) is 7.49. The number of aromatic nitrogens is 1. The van der Waals surface area contributed by atoms with Gasteiger partial charge in [0.05, 0.1) is 4.92 Å². The SMILES string of the molecule is O=[N+]([O-])c1c(C2CC2)ccnc1Cl. The lowest BCUT2D eigenvalue weighted by Crippen LogP contribution is -1.96. The Kier molecular flexibility index (Phi) is 1.92. The largest absolute Gasteiger partial charge is 0.309 e. The van der Waals surface area contributed by atoms with E-state index >= 15 is 0 Å². The van der Waals surface area contributed by atoms with Crippen LogP contribution in [0.4, 0.5) is 5.69 Å². The van der Waals surface area contributed by atoms with E-state index in [0.29, 0.717) is 5.92 Å². The monoisotopic (exact) mass is 198 g/mol. The minimum atomic E-state index is -0.455. The molecule has 0 unspecified atom stereocenters. The van der Waals surface area contributed by atoms with Crippen molar-refractivity contribution in [3.05, 3.63) is 33.1 Å². The Morgan fingerprint density at radius 3 is 2.85 bits per heavy atom. The minimum absolute atomic E-state index is 0.00519. The fourth-order valence-electron chi connectivity index (χ4n) is 1.35. The van der Waals surface area contributed by atoms with Crippen LogP contribution in [0.5, 0.6) is 0 Å². The van der Waals surface area contributed by atoms with Gasteiger partial charge in [-0.05, 0) is 24.8 Å². The van der Waals surface area contributed by atoms with E-state index in [-0.39, 0.29) is 10.8 Å². The molecule has 68 valence electrons. The number of halogens is 1. The third-order valence-corrected chi connectivity index (χ3v) is 2.39. The first kappa shape index (κ1) is 8.44. The third kappa shape index (κ3) is 1.49. The maximum atomic E-state index is 10.7. The lowest BCUT2D eigenvalue weighted by Gasteiger charge is -2.00. The van der Waals surface area contributed by atoms with Crippen molar-refractivity contribution in [2.45, 2.75) is 18.8 Å². The number of hydrogen-bond acceptors (Lipinski definition) is 3. The van der Waals surface area contributed by atoms with Gasteiger partial charge in [0.2, 0.25) is 5.15 Å². The van der Waals surface area contributed by atoms with Crippen molar-refractivity contribution in [1.29, 1.82) is 0 Å². The Hall–Kier alpha value is -1.16. The standard InChI is InChI=1S/C8H7ClN2O2/c9-8-7(11(12)13)6(3-4-10-8)5-1-2-5/h3-5H,1-2H2. The highest BCUT2D eigenvalue weighted by Crippen LogP contribution is 2.45. The first-order valence-electron chi connectivity index (χ1n) is 3.99. The van der Waals surface area contributed by atoms with Gasteiger partial charge in [0.1, 0.15) is 0 Å². The topological polar surface area (TPSA) is 56.0 Å². The molecule has 1 saturated carbocycles. The van der Waals surface area contributed by atoms with Gasteiger partial charge in [-0.3, -0.25) is 10.1 Å². The normalized spacial score (nSPS) is 15.8. The summed E-state index contributed by atoms with van der Waals surface area (Å²) in [7, 11) is 0. The summed E-state index contributed by atoms with van der Waals surface area (Å²) in [5.74, 6) is 0.320. The molecule has 1 fully saturated rings. The van der Waals surface area contributed by atoms with Crippen molar-refractivity contribution < 1.29 is 4.92 Å². The van der Waals surface area contributed by atoms with Gasteiger partial charge in [-0.15, -0.1) is 0 Å². The molecule has 1 aliphatic rings. The predicted octanol–water partition coefficient (Wildman–Crippen LogP) is 2.52. The van der Waals surface area contributed by atoms with E-state index in [9.17, 15) is 10.1 Å². The van der Waals surface area contributed by atoms with Crippen LogP contribution in [0.25, 0.3) is 0 Å². The summed E-state index contributed by atoms with van der Waals surface area (Å²) in [6, 6.07) is 1.68. The molecule has 5 heteroatoms. The molecule has 0 amide bonds. The fourth-order valence-corrected chi connectivity index (χ4v) is 1.58. The van der Waals surface area contributed by atoms with E-state index in [0.717, 1.165) is 18.4 Å². The highest BCUT2D eigenvalue weighted by molar-refractivity contribution is 6.31. The van der Waals surface area contributed by atoms with E-state index < -0.39 is 4.92 Å². The van der Waals surface area contributed by atoms with E-state index in [4.69, 9.17) is 11.6 Å². The summed E-state index contributed by atoms with van der Waals surface area (Å²) >= 11 is 5.64. The molecule has 1 heterocycles. The van der Waals surface area contributed by atoms with E-state index in [1.165, 1.54) is 6.20 Å². The quantitative estimate of drug-likeness (QED) is 0.417. The molecule has 0 bridgehead atoms. The molecule has 1 aromatic heterocycles. The van der Waals surface area contributed by atoms with E-state index in [1.54, 1.807) is 6.07 Å². The van der Waals surface area contributed by atoms with Crippen LogP contribution >= 0.6 is 11.6 Å². The molecule has 0 aromatic carbocycles. The number of rotatable bonds is 2. The molecule has 0 spiro atoms. The van der Waals surface area contributed by atoms with Crippen LogP contribution in [0.2, 0.25) is 5.15 Å². The zero-order chi connectivity index (χ0) is 9.42. The first-order chi connectivity index (χ1) is 6.20. The second kappa shape index (κ2) is 2.96. The van der Waals surface area contributed by atoms with Crippen molar-refractivity contribution in [2.24, 2.45) is 0 Å². The molecule has 0 atom stereocenters. The molecule has 1 aromatic rings. The van der Waals surface area contributed by atoms with Crippen molar-refractivity contribution in [1.82, 2.24) is 4.98 Å². The second-order valence-electron chi connectivity index (χ2n) is 3.07. The molecule has 1 aliphatic carbocycles. The maximum Gasteiger partial charge on any atom is 0.309 e. The summed E-state index contributed by atoms with van der Waals surface area (Å²) in [5, 5.41) is 10.7. The maximum absolute atomic E-state index is 10.7. The molecule has 4 nitrogen and oxygen atoms in total. The molecular weight excluding hydrogens is 192 g/mol. The Labute approximate surface area is 79.7 Å². The van der Waals surface area contributed by atoms with Gasteiger partial charge in [-0.25, -0.2) is 4.98 Å². The van der Waals surface area contributed by atoms with Gasteiger partial charge in [0.25, 0.3) is 0 Å². The van der Waals surface area contributed by atoms with Gasteiger partial charge in [0, 0.05) is 11.8 Å². The molecule has 2 rings (SSSR count). The first-order valence-corrected chi connectivity index (χ1v) is 4.36. The van der Waals surface area contributed by atoms with Crippen molar-refractivity contribution in [3.8, 4) is 0 Å². The zero-order valence-electron chi connectivity index (χ0n) is 6.74. The van der Waals surface area contributed by atoms with Gasteiger partial charge in [-0.1, -0.05) is 11.6 Å². The minimum Gasteiger partial charge on any atom is -0.258 e. The Morgan fingerprint density at radius 2 is 2.31 bits per heavy atom. The van der Waals surface area contributed by atoms with E-state index in [2.05, 4.69) is 4.98 Å². The van der Waals surface area contributed by atoms with Crippen LogP contribution in [-0.4, -0.2) is 9.91 Å². The summed E-state index contributed by atoms with van der Waals surface area (Å²) < 4.78 is 0. The predicted molar refractivity (Wildman–Crippen MR) is 47.9 cm³/mol. The van der Waals surface area contributed by atoms with Gasteiger partial charge >= 0.3 is 5.69 Å². The van der Waals surface area contributed by atoms with Crippen LogP contribution in [0.15, 0.2) is 12.3 Å². The van der Waals surface area contributed by atoms with Crippen LogP contribution in [0, 0.1) is 10.1 Å².